The Morgan fingerprint density at radius 1 is 1.37 bits per heavy atom. The molecule has 1 aromatic heterocycles. The van der Waals surface area contributed by atoms with E-state index >= 15 is 0 Å². The van der Waals surface area contributed by atoms with Crippen molar-refractivity contribution in [3.8, 4) is 0 Å². The van der Waals surface area contributed by atoms with Crippen molar-refractivity contribution in [2.24, 2.45) is 0 Å². The lowest BCUT2D eigenvalue weighted by Gasteiger charge is -2.27. The molecule has 1 unspecified atom stereocenters. The minimum atomic E-state index is -3.21. The van der Waals surface area contributed by atoms with Gasteiger partial charge in [-0.1, -0.05) is 0 Å². The summed E-state index contributed by atoms with van der Waals surface area (Å²) in [7, 11) is -3.21. The SMILES string of the molecule is Cc1cc(C(C)NCC(C)(C)NS(C)(=O)=O)c(C)o1. The van der Waals surface area contributed by atoms with Crippen LogP contribution in [0, 0.1) is 13.8 Å². The number of hydrogen-bond acceptors (Lipinski definition) is 4. The zero-order chi connectivity index (χ0) is 14.8. The van der Waals surface area contributed by atoms with Gasteiger partial charge in [0.05, 0.1) is 6.26 Å². The molecular weight excluding hydrogens is 264 g/mol. The Hall–Kier alpha value is -0.850. The number of aryl methyl sites for hydroxylation is 2. The van der Waals surface area contributed by atoms with E-state index in [4.69, 9.17) is 4.42 Å². The summed E-state index contributed by atoms with van der Waals surface area (Å²) in [5.41, 5.74) is 0.571. The van der Waals surface area contributed by atoms with Crippen molar-refractivity contribution < 1.29 is 12.8 Å². The van der Waals surface area contributed by atoms with E-state index in [9.17, 15) is 8.42 Å². The maximum Gasteiger partial charge on any atom is 0.209 e. The number of rotatable bonds is 6. The van der Waals surface area contributed by atoms with E-state index in [-0.39, 0.29) is 6.04 Å². The Bertz CT molecular complexity index is 532. The first-order chi connectivity index (χ1) is 8.50. The van der Waals surface area contributed by atoms with Gasteiger partial charge in [0.25, 0.3) is 0 Å². The number of furan rings is 1. The molecule has 1 heterocycles. The minimum Gasteiger partial charge on any atom is -0.466 e. The van der Waals surface area contributed by atoms with Crippen molar-refractivity contribution in [2.45, 2.75) is 46.2 Å². The van der Waals surface area contributed by atoms with E-state index in [0.717, 1.165) is 17.1 Å². The van der Waals surface area contributed by atoms with Crippen LogP contribution in [0.3, 0.4) is 0 Å². The Morgan fingerprint density at radius 2 is 1.95 bits per heavy atom. The van der Waals surface area contributed by atoms with Gasteiger partial charge >= 0.3 is 0 Å². The summed E-state index contributed by atoms with van der Waals surface area (Å²) in [4.78, 5) is 0. The third kappa shape index (κ3) is 5.34. The van der Waals surface area contributed by atoms with E-state index in [1.807, 2.05) is 40.7 Å². The summed E-state index contributed by atoms with van der Waals surface area (Å²) >= 11 is 0. The summed E-state index contributed by atoms with van der Waals surface area (Å²) in [6, 6.07) is 2.11. The fraction of sp³-hybridized carbons (Fsp3) is 0.692. The predicted octanol–water partition coefficient (Wildman–Crippen LogP) is 1.87. The monoisotopic (exact) mass is 288 g/mol. The minimum absolute atomic E-state index is 0.109. The van der Waals surface area contributed by atoms with Gasteiger partial charge in [-0.15, -0.1) is 0 Å². The van der Waals surface area contributed by atoms with Crippen LogP contribution in [0.2, 0.25) is 0 Å². The summed E-state index contributed by atoms with van der Waals surface area (Å²) in [6.45, 7) is 10.1. The second-order valence-electron chi connectivity index (χ2n) is 5.73. The van der Waals surface area contributed by atoms with Gasteiger partial charge < -0.3 is 9.73 Å². The van der Waals surface area contributed by atoms with Crippen molar-refractivity contribution in [3.05, 3.63) is 23.2 Å². The van der Waals surface area contributed by atoms with Crippen LogP contribution in [-0.2, 0) is 10.0 Å². The van der Waals surface area contributed by atoms with Crippen LogP contribution in [0.25, 0.3) is 0 Å². The smallest absolute Gasteiger partial charge is 0.209 e. The molecule has 0 fully saturated rings. The molecule has 2 N–H and O–H groups in total. The van der Waals surface area contributed by atoms with Crippen LogP contribution in [0.1, 0.15) is 43.9 Å². The topological polar surface area (TPSA) is 71.3 Å². The Morgan fingerprint density at radius 3 is 2.37 bits per heavy atom. The largest absolute Gasteiger partial charge is 0.466 e. The predicted molar refractivity (Wildman–Crippen MR) is 76.7 cm³/mol. The molecule has 0 spiro atoms. The molecule has 0 aliphatic rings. The lowest BCUT2D eigenvalue weighted by atomic mass is 10.0. The number of sulfonamides is 1. The van der Waals surface area contributed by atoms with Gasteiger partial charge in [0.1, 0.15) is 11.5 Å². The van der Waals surface area contributed by atoms with Crippen molar-refractivity contribution >= 4 is 10.0 Å². The van der Waals surface area contributed by atoms with Crippen LogP contribution in [0.15, 0.2) is 10.5 Å². The Balaban J connectivity index is 2.64. The second-order valence-corrected chi connectivity index (χ2v) is 7.48. The van der Waals surface area contributed by atoms with Crippen LogP contribution in [-0.4, -0.2) is 26.8 Å². The summed E-state index contributed by atoms with van der Waals surface area (Å²) in [5, 5.41) is 3.33. The molecule has 0 aliphatic heterocycles. The van der Waals surface area contributed by atoms with Gasteiger partial charge in [-0.05, 0) is 40.7 Å². The standard InChI is InChI=1S/C13H24N2O3S/c1-9-7-12(11(3)18-9)10(2)14-8-13(4,5)15-19(6,16)17/h7,10,14-15H,8H2,1-6H3. The van der Waals surface area contributed by atoms with Gasteiger partial charge in [-0.3, -0.25) is 0 Å². The quantitative estimate of drug-likeness (QED) is 0.838. The highest BCUT2D eigenvalue weighted by Gasteiger charge is 2.23. The molecule has 6 heteroatoms. The van der Waals surface area contributed by atoms with Crippen molar-refractivity contribution in [1.82, 2.24) is 10.0 Å². The van der Waals surface area contributed by atoms with E-state index in [2.05, 4.69) is 10.0 Å². The van der Waals surface area contributed by atoms with Gasteiger partial charge in [-0.25, -0.2) is 13.1 Å². The molecule has 1 aromatic rings. The van der Waals surface area contributed by atoms with Crippen LogP contribution >= 0.6 is 0 Å². The van der Waals surface area contributed by atoms with E-state index in [1.165, 1.54) is 6.26 Å². The van der Waals surface area contributed by atoms with E-state index < -0.39 is 15.6 Å². The molecule has 1 rings (SSSR count). The molecule has 0 radical (unpaired) electrons. The molecule has 0 bridgehead atoms. The molecule has 19 heavy (non-hydrogen) atoms. The van der Waals surface area contributed by atoms with Crippen LogP contribution in [0.5, 0.6) is 0 Å². The lowest BCUT2D eigenvalue weighted by Crippen LogP contribution is -2.50. The van der Waals surface area contributed by atoms with Gasteiger partial charge in [0.15, 0.2) is 0 Å². The average Bonchev–Trinajstić information content (AvgIpc) is 2.51. The van der Waals surface area contributed by atoms with Crippen LogP contribution in [0.4, 0.5) is 0 Å². The Kier molecular flexibility index (Phi) is 4.81. The van der Waals surface area contributed by atoms with Crippen molar-refractivity contribution in [1.29, 1.82) is 0 Å². The zero-order valence-corrected chi connectivity index (χ0v) is 13.3. The highest BCUT2D eigenvalue weighted by molar-refractivity contribution is 7.88. The molecule has 0 aromatic carbocycles. The van der Waals surface area contributed by atoms with Crippen molar-refractivity contribution in [2.75, 3.05) is 12.8 Å². The molecule has 1 atom stereocenters. The molecule has 5 nitrogen and oxygen atoms in total. The lowest BCUT2D eigenvalue weighted by molar-refractivity contribution is 0.396. The second kappa shape index (κ2) is 5.64. The fourth-order valence-corrected chi connectivity index (χ4v) is 3.21. The maximum atomic E-state index is 11.3. The molecule has 0 aliphatic carbocycles. The zero-order valence-electron chi connectivity index (χ0n) is 12.5. The molecular formula is C13H24N2O3S. The first kappa shape index (κ1) is 16.2. The van der Waals surface area contributed by atoms with Crippen LogP contribution < -0.4 is 10.0 Å². The van der Waals surface area contributed by atoms with Crippen molar-refractivity contribution in [3.63, 3.8) is 0 Å². The third-order valence-corrected chi connectivity index (χ3v) is 3.78. The average molecular weight is 288 g/mol. The maximum absolute atomic E-state index is 11.3. The highest BCUT2D eigenvalue weighted by Crippen LogP contribution is 2.21. The van der Waals surface area contributed by atoms with E-state index in [1.54, 1.807) is 0 Å². The molecule has 0 amide bonds. The van der Waals surface area contributed by atoms with Gasteiger partial charge in [0.2, 0.25) is 10.0 Å². The first-order valence-electron chi connectivity index (χ1n) is 6.29. The Labute approximate surface area is 115 Å². The molecule has 0 saturated heterocycles. The number of hydrogen-bond donors (Lipinski definition) is 2. The summed E-state index contributed by atoms with van der Waals surface area (Å²) in [5.74, 6) is 1.78. The summed E-state index contributed by atoms with van der Waals surface area (Å²) < 4.78 is 30.6. The van der Waals surface area contributed by atoms with Gasteiger partial charge in [0, 0.05) is 23.7 Å². The molecule has 110 valence electrons. The normalized spacial score (nSPS) is 14.6. The summed E-state index contributed by atoms with van der Waals surface area (Å²) in [6.07, 6.45) is 1.17. The van der Waals surface area contributed by atoms with E-state index in [0.29, 0.717) is 6.54 Å². The first-order valence-corrected chi connectivity index (χ1v) is 8.18. The highest BCUT2D eigenvalue weighted by atomic mass is 32.2. The molecule has 0 saturated carbocycles. The third-order valence-electron chi connectivity index (χ3n) is 2.86. The fourth-order valence-electron chi connectivity index (χ4n) is 2.14. The number of nitrogens with one attached hydrogen (secondary N) is 2. The van der Waals surface area contributed by atoms with Gasteiger partial charge in [-0.2, -0.15) is 0 Å².